The third-order valence-corrected chi connectivity index (χ3v) is 4.57. The summed E-state index contributed by atoms with van der Waals surface area (Å²) >= 11 is 7.56. The number of halogens is 1. The van der Waals surface area contributed by atoms with E-state index in [1.807, 2.05) is 18.4 Å². The zero-order valence-electron chi connectivity index (χ0n) is 13.1. The van der Waals surface area contributed by atoms with Gasteiger partial charge in [0.05, 0.1) is 29.1 Å². The van der Waals surface area contributed by atoms with Crippen LogP contribution in [-0.2, 0) is 0 Å². The van der Waals surface area contributed by atoms with Crippen molar-refractivity contribution >= 4 is 34.5 Å². The standard InChI is InChI=1S/C17H15ClN4OS/c1-9-22-13(8-24-9)11-5-6-21-17(20)15(11)16(19)12-4-3-10(18)7-14(12)23-2/h3-8,19H,1-2H3,(H2,20,21). The Bertz CT molecular complexity index is 923. The summed E-state index contributed by atoms with van der Waals surface area (Å²) in [6, 6.07) is 6.95. The number of rotatable bonds is 4. The number of nitrogens with two attached hydrogens (primary N) is 1. The smallest absolute Gasteiger partial charge is 0.133 e. The van der Waals surface area contributed by atoms with Crippen molar-refractivity contribution in [1.29, 1.82) is 5.41 Å². The zero-order valence-corrected chi connectivity index (χ0v) is 14.7. The second-order valence-electron chi connectivity index (χ2n) is 5.09. The predicted molar refractivity (Wildman–Crippen MR) is 98.4 cm³/mol. The molecule has 1 aromatic carbocycles. The van der Waals surface area contributed by atoms with Crippen LogP contribution in [0.4, 0.5) is 5.82 Å². The summed E-state index contributed by atoms with van der Waals surface area (Å²) in [5, 5.41) is 12.1. The fourth-order valence-corrected chi connectivity index (χ4v) is 3.22. The number of thiazole rings is 1. The highest BCUT2D eigenvalue weighted by Crippen LogP contribution is 2.32. The van der Waals surface area contributed by atoms with Crippen LogP contribution in [0.5, 0.6) is 5.75 Å². The van der Waals surface area contributed by atoms with Gasteiger partial charge in [0.15, 0.2) is 0 Å². The highest BCUT2D eigenvalue weighted by atomic mass is 35.5. The van der Waals surface area contributed by atoms with Gasteiger partial charge in [-0.1, -0.05) is 11.6 Å². The first-order chi connectivity index (χ1) is 11.5. The maximum absolute atomic E-state index is 8.66. The van der Waals surface area contributed by atoms with E-state index in [0.29, 0.717) is 21.9 Å². The number of pyridine rings is 1. The van der Waals surface area contributed by atoms with Gasteiger partial charge in [0.1, 0.15) is 11.6 Å². The molecule has 2 aromatic heterocycles. The first-order valence-electron chi connectivity index (χ1n) is 7.11. The lowest BCUT2D eigenvalue weighted by Crippen LogP contribution is -2.10. The van der Waals surface area contributed by atoms with Gasteiger partial charge < -0.3 is 10.5 Å². The minimum atomic E-state index is 0.217. The number of methoxy groups -OCH3 is 1. The van der Waals surface area contributed by atoms with Gasteiger partial charge in [-0.05, 0) is 31.2 Å². The van der Waals surface area contributed by atoms with Crippen molar-refractivity contribution in [3.8, 4) is 17.0 Å². The number of nitrogens with one attached hydrogen (secondary N) is 1. The van der Waals surface area contributed by atoms with Gasteiger partial charge in [0.2, 0.25) is 0 Å². The number of hydrogen-bond donors (Lipinski definition) is 2. The number of nitrogens with zero attached hydrogens (tertiary/aromatic N) is 2. The lowest BCUT2D eigenvalue weighted by molar-refractivity contribution is 0.414. The van der Waals surface area contributed by atoms with Crippen LogP contribution in [0.25, 0.3) is 11.3 Å². The highest BCUT2D eigenvalue weighted by molar-refractivity contribution is 7.09. The molecule has 0 aliphatic rings. The molecule has 0 atom stereocenters. The summed E-state index contributed by atoms with van der Waals surface area (Å²) in [6.07, 6.45) is 1.62. The lowest BCUT2D eigenvalue weighted by Gasteiger charge is -2.14. The van der Waals surface area contributed by atoms with Crippen LogP contribution in [0.15, 0.2) is 35.8 Å². The molecule has 0 saturated heterocycles. The zero-order chi connectivity index (χ0) is 17.3. The van der Waals surface area contributed by atoms with Gasteiger partial charge in [-0.15, -0.1) is 11.3 Å². The van der Waals surface area contributed by atoms with E-state index in [2.05, 4.69) is 9.97 Å². The predicted octanol–water partition coefficient (Wildman–Crippen LogP) is 4.17. The average molecular weight is 359 g/mol. The van der Waals surface area contributed by atoms with Crippen LogP contribution in [0.2, 0.25) is 5.02 Å². The summed E-state index contributed by atoms with van der Waals surface area (Å²) in [5.41, 5.74) is 8.97. The molecule has 122 valence electrons. The topological polar surface area (TPSA) is 84.9 Å². The van der Waals surface area contributed by atoms with Gasteiger partial charge in [0.25, 0.3) is 0 Å². The molecule has 3 aromatic rings. The number of ether oxygens (including phenoxy) is 1. The minimum Gasteiger partial charge on any atom is -0.496 e. The summed E-state index contributed by atoms with van der Waals surface area (Å²) in [4.78, 5) is 8.64. The Morgan fingerprint density at radius 1 is 1.33 bits per heavy atom. The van der Waals surface area contributed by atoms with Gasteiger partial charge in [0, 0.05) is 27.7 Å². The molecule has 0 spiro atoms. The molecule has 3 N–H and O–H groups in total. The second kappa shape index (κ2) is 6.59. The fourth-order valence-electron chi connectivity index (χ4n) is 2.45. The SMILES string of the molecule is COc1cc(Cl)ccc1C(=N)c1c(-c2csc(C)n2)ccnc1N. The fraction of sp³-hybridized carbons (Fsp3) is 0.118. The minimum absolute atomic E-state index is 0.217. The Morgan fingerprint density at radius 2 is 2.12 bits per heavy atom. The van der Waals surface area contributed by atoms with E-state index >= 15 is 0 Å². The van der Waals surface area contributed by atoms with Crippen molar-refractivity contribution in [3.63, 3.8) is 0 Å². The first kappa shape index (κ1) is 16.4. The van der Waals surface area contributed by atoms with Crippen LogP contribution in [0.1, 0.15) is 16.1 Å². The van der Waals surface area contributed by atoms with Crippen molar-refractivity contribution in [1.82, 2.24) is 9.97 Å². The highest BCUT2D eigenvalue weighted by Gasteiger charge is 2.20. The third kappa shape index (κ3) is 2.98. The molecule has 7 heteroatoms. The molecule has 5 nitrogen and oxygen atoms in total. The van der Waals surface area contributed by atoms with Gasteiger partial charge >= 0.3 is 0 Å². The molecule has 24 heavy (non-hydrogen) atoms. The molecule has 0 radical (unpaired) electrons. The van der Waals surface area contributed by atoms with E-state index in [9.17, 15) is 0 Å². The molecule has 0 saturated carbocycles. The molecule has 0 aliphatic heterocycles. The Morgan fingerprint density at radius 3 is 2.79 bits per heavy atom. The molecule has 0 fully saturated rings. The van der Waals surface area contributed by atoms with E-state index in [-0.39, 0.29) is 11.5 Å². The summed E-state index contributed by atoms with van der Waals surface area (Å²) in [6.45, 7) is 1.94. The van der Waals surface area contributed by atoms with E-state index < -0.39 is 0 Å². The van der Waals surface area contributed by atoms with Crippen LogP contribution < -0.4 is 10.5 Å². The molecule has 3 rings (SSSR count). The van der Waals surface area contributed by atoms with Crippen molar-refractivity contribution in [3.05, 3.63) is 57.0 Å². The van der Waals surface area contributed by atoms with Crippen molar-refractivity contribution in [2.75, 3.05) is 12.8 Å². The van der Waals surface area contributed by atoms with Gasteiger partial charge in [-0.3, -0.25) is 5.41 Å². The summed E-state index contributed by atoms with van der Waals surface area (Å²) < 4.78 is 5.36. The van der Waals surface area contributed by atoms with E-state index in [1.54, 1.807) is 42.8 Å². The average Bonchev–Trinajstić information content (AvgIpc) is 3.00. The van der Waals surface area contributed by atoms with Crippen LogP contribution in [0.3, 0.4) is 0 Å². The monoisotopic (exact) mass is 358 g/mol. The van der Waals surface area contributed by atoms with Crippen LogP contribution in [-0.4, -0.2) is 22.8 Å². The van der Waals surface area contributed by atoms with Gasteiger partial charge in [-0.25, -0.2) is 9.97 Å². The molecule has 0 aliphatic carbocycles. The maximum Gasteiger partial charge on any atom is 0.133 e. The van der Waals surface area contributed by atoms with E-state index in [4.69, 9.17) is 27.5 Å². The van der Waals surface area contributed by atoms with Crippen molar-refractivity contribution in [2.45, 2.75) is 6.92 Å². The first-order valence-corrected chi connectivity index (χ1v) is 8.37. The Hall–Kier alpha value is -2.44. The van der Waals surface area contributed by atoms with Crippen molar-refractivity contribution in [2.24, 2.45) is 0 Å². The second-order valence-corrected chi connectivity index (χ2v) is 6.59. The van der Waals surface area contributed by atoms with Crippen LogP contribution >= 0.6 is 22.9 Å². The lowest BCUT2D eigenvalue weighted by atomic mass is 9.96. The molecule has 0 amide bonds. The molecule has 0 unspecified atom stereocenters. The maximum atomic E-state index is 8.66. The van der Waals surface area contributed by atoms with Gasteiger partial charge in [-0.2, -0.15) is 0 Å². The number of benzene rings is 1. The van der Waals surface area contributed by atoms with E-state index in [1.165, 1.54) is 0 Å². The summed E-state index contributed by atoms with van der Waals surface area (Å²) in [7, 11) is 1.54. The normalized spacial score (nSPS) is 10.6. The molecule has 2 heterocycles. The van der Waals surface area contributed by atoms with E-state index in [0.717, 1.165) is 16.3 Å². The Balaban J connectivity index is 2.18. The molecule has 0 bridgehead atoms. The number of hydrogen-bond acceptors (Lipinski definition) is 6. The quantitative estimate of drug-likeness (QED) is 0.685. The summed E-state index contributed by atoms with van der Waals surface area (Å²) in [5.74, 6) is 0.788. The number of nitrogen functional groups attached to an aromatic ring is 1. The Kier molecular flexibility index (Phi) is 4.51. The molecular weight excluding hydrogens is 344 g/mol. The van der Waals surface area contributed by atoms with Crippen LogP contribution in [0, 0.1) is 12.3 Å². The molecular formula is C17H15ClN4OS. The number of aryl methyl sites for hydroxylation is 1. The number of anilines is 1. The third-order valence-electron chi connectivity index (χ3n) is 3.56. The largest absolute Gasteiger partial charge is 0.496 e. The Labute approximate surface area is 148 Å². The number of aromatic nitrogens is 2. The van der Waals surface area contributed by atoms with Crippen molar-refractivity contribution < 1.29 is 4.74 Å².